The summed E-state index contributed by atoms with van der Waals surface area (Å²) in [5.74, 6) is 0.847. The predicted molar refractivity (Wildman–Crippen MR) is 123 cm³/mol. The Hall–Kier alpha value is -2.72. The van der Waals surface area contributed by atoms with Crippen molar-refractivity contribution in [3.05, 3.63) is 30.3 Å². The van der Waals surface area contributed by atoms with Crippen LogP contribution >= 0.6 is 23.1 Å². The lowest BCUT2D eigenvalue weighted by Crippen LogP contribution is -2.20. The summed E-state index contributed by atoms with van der Waals surface area (Å²) in [7, 11) is 0. The first kappa shape index (κ1) is 19.9. The van der Waals surface area contributed by atoms with E-state index in [9.17, 15) is 4.79 Å². The van der Waals surface area contributed by atoms with Crippen LogP contribution < -0.4 is 10.1 Å². The zero-order valence-electron chi connectivity index (χ0n) is 17.4. The van der Waals surface area contributed by atoms with Crippen LogP contribution in [0.2, 0.25) is 0 Å². The fraction of sp³-hybridized carbons (Fsp3) is 0.409. The molecule has 0 atom stereocenters. The van der Waals surface area contributed by atoms with Gasteiger partial charge >= 0.3 is 0 Å². The zero-order chi connectivity index (χ0) is 21.5. The predicted octanol–water partition coefficient (Wildman–Crippen LogP) is 4.95. The van der Waals surface area contributed by atoms with E-state index in [1.165, 1.54) is 42.4 Å². The van der Waals surface area contributed by atoms with Crippen molar-refractivity contribution in [3.8, 4) is 5.88 Å². The minimum atomic E-state index is 0.0749. The SMILES string of the molecule is O=C(Nc1nc2ccc(Sc3nnc4ccc(OC5CCCCC5)nn34)cc2s1)C1CC1. The average molecular weight is 467 g/mol. The van der Waals surface area contributed by atoms with Gasteiger partial charge in [0, 0.05) is 16.9 Å². The number of carbonyl (C=O) groups excluding carboxylic acids is 1. The van der Waals surface area contributed by atoms with Crippen molar-refractivity contribution in [3.63, 3.8) is 0 Å². The first-order valence-electron chi connectivity index (χ1n) is 11.0. The van der Waals surface area contributed by atoms with Gasteiger partial charge in [0.2, 0.25) is 16.9 Å². The van der Waals surface area contributed by atoms with Gasteiger partial charge in [0.05, 0.1) is 10.2 Å². The molecule has 3 heterocycles. The van der Waals surface area contributed by atoms with E-state index in [-0.39, 0.29) is 17.9 Å². The number of carbonyl (C=O) groups is 1. The number of fused-ring (bicyclic) bond motifs is 2. The Balaban J connectivity index is 1.22. The molecule has 2 aliphatic carbocycles. The summed E-state index contributed by atoms with van der Waals surface area (Å²) in [5, 5.41) is 17.5. The van der Waals surface area contributed by atoms with E-state index < -0.39 is 0 Å². The highest BCUT2D eigenvalue weighted by molar-refractivity contribution is 7.99. The molecule has 0 radical (unpaired) electrons. The number of thiazole rings is 1. The third-order valence-electron chi connectivity index (χ3n) is 5.80. The van der Waals surface area contributed by atoms with Crippen molar-refractivity contribution in [2.75, 3.05) is 5.32 Å². The largest absolute Gasteiger partial charge is 0.473 e. The number of ether oxygens (including phenoxy) is 1. The quantitative estimate of drug-likeness (QED) is 0.430. The van der Waals surface area contributed by atoms with Crippen molar-refractivity contribution in [1.82, 2.24) is 24.8 Å². The lowest BCUT2D eigenvalue weighted by molar-refractivity contribution is -0.117. The van der Waals surface area contributed by atoms with E-state index in [4.69, 9.17) is 4.74 Å². The molecule has 1 amide bonds. The summed E-state index contributed by atoms with van der Waals surface area (Å²) in [6.45, 7) is 0. The highest BCUT2D eigenvalue weighted by atomic mass is 32.2. The fourth-order valence-corrected chi connectivity index (χ4v) is 5.72. The summed E-state index contributed by atoms with van der Waals surface area (Å²) in [5.41, 5.74) is 1.56. The molecule has 10 heteroatoms. The molecular weight excluding hydrogens is 444 g/mol. The lowest BCUT2D eigenvalue weighted by Gasteiger charge is -2.22. The van der Waals surface area contributed by atoms with E-state index in [0.29, 0.717) is 21.8 Å². The van der Waals surface area contributed by atoms with Gasteiger partial charge in [0.15, 0.2) is 10.8 Å². The van der Waals surface area contributed by atoms with Gasteiger partial charge in [0.1, 0.15) is 6.10 Å². The van der Waals surface area contributed by atoms with E-state index in [0.717, 1.165) is 40.8 Å². The molecule has 4 aromatic rings. The smallest absolute Gasteiger partial charge is 0.232 e. The maximum absolute atomic E-state index is 12.0. The Kier molecular flexibility index (Phi) is 5.18. The second-order valence-corrected chi connectivity index (χ2v) is 10.4. The highest BCUT2D eigenvalue weighted by Gasteiger charge is 2.30. The standard InChI is InChI=1S/C22H22N6O2S2/c29-20(13-6-7-13)24-21-23-16-9-8-15(12-17(16)32-21)31-22-26-25-18-10-11-19(27-28(18)22)30-14-4-2-1-3-5-14/h8-14H,1-7H2,(H,23,24,29). The minimum absolute atomic E-state index is 0.0749. The van der Waals surface area contributed by atoms with Gasteiger partial charge in [-0.3, -0.25) is 4.79 Å². The number of rotatable bonds is 6. The van der Waals surface area contributed by atoms with E-state index in [1.54, 1.807) is 4.52 Å². The Morgan fingerprint density at radius 1 is 1.09 bits per heavy atom. The number of nitrogens with one attached hydrogen (secondary N) is 1. The molecule has 1 N–H and O–H groups in total. The van der Waals surface area contributed by atoms with Gasteiger partial charge < -0.3 is 10.1 Å². The van der Waals surface area contributed by atoms with Crippen LogP contribution in [0.15, 0.2) is 40.4 Å². The van der Waals surface area contributed by atoms with Crippen LogP contribution in [0.25, 0.3) is 15.9 Å². The van der Waals surface area contributed by atoms with Crippen LogP contribution in [-0.4, -0.2) is 36.8 Å². The van der Waals surface area contributed by atoms with Crippen molar-refractivity contribution in [1.29, 1.82) is 0 Å². The lowest BCUT2D eigenvalue weighted by atomic mass is 9.98. The van der Waals surface area contributed by atoms with Gasteiger partial charge in [0.25, 0.3) is 0 Å². The number of amides is 1. The molecule has 3 aromatic heterocycles. The van der Waals surface area contributed by atoms with Crippen LogP contribution in [0.3, 0.4) is 0 Å². The number of anilines is 1. The number of nitrogens with zero attached hydrogens (tertiary/aromatic N) is 5. The van der Waals surface area contributed by atoms with E-state index in [2.05, 4.69) is 31.7 Å². The van der Waals surface area contributed by atoms with E-state index in [1.807, 2.05) is 24.3 Å². The Bertz CT molecular complexity index is 1290. The molecule has 2 aliphatic rings. The highest BCUT2D eigenvalue weighted by Crippen LogP contribution is 2.35. The molecule has 2 saturated carbocycles. The fourth-order valence-electron chi connectivity index (χ4n) is 3.91. The molecule has 1 aromatic carbocycles. The first-order valence-corrected chi connectivity index (χ1v) is 12.6. The van der Waals surface area contributed by atoms with Crippen molar-refractivity contribution in [2.24, 2.45) is 5.92 Å². The average Bonchev–Trinajstić information content (AvgIpc) is 3.48. The summed E-state index contributed by atoms with van der Waals surface area (Å²) in [4.78, 5) is 17.6. The van der Waals surface area contributed by atoms with Gasteiger partial charge in [-0.05, 0) is 74.6 Å². The number of hydrogen-bond acceptors (Lipinski definition) is 8. The molecule has 0 spiro atoms. The minimum Gasteiger partial charge on any atom is -0.473 e. The normalized spacial score (nSPS) is 17.1. The second kappa shape index (κ2) is 8.32. The monoisotopic (exact) mass is 466 g/mol. The molecule has 0 saturated heterocycles. The van der Waals surface area contributed by atoms with Gasteiger partial charge in [-0.15, -0.1) is 15.3 Å². The van der Waals surface area contributed by atoms with Gasteiger partial charge in [-0.2, -0.15) is 4.52 Å². The maximum atomic E-state index is 12.0. The van der Waals surface area contributed by atoms with Crippen LogP contribution in [0.1, 0.15) is 44.9 Å². The molecule has 164 valence electrons. The number of hydrogen-bond donors (Lipinski definition) is 1. The third kappa shape index (κ3) is 4.16. The van der Waals surface area contributed by atoms with E-state index >= 15 is 0 Å². The van der Waals surface area contributed by atoms with Crippen molar-refractivity contribution in [2.45, 2.75) is 61.1 Å². The zero-order valence-corrected chi connectivity index (χ0v) is 19.0. The summed E-state index contributed by atoms with van der Waals surface area (Å²) >= 11 is 2.98. The number of benzene rings is 1. The van der Waals surface area contributed by atoms with Crippen LogP contribution in [0.5, 0.6) is 5.88 Å². The van der Waals surface area contributed by atoms with Crippen LogP contribution in [0.4, 0.5) is 5.13 Å². The molecule has 8 nitrogen and oxygen atoms in total. The molecule has 0 bridgehead atoms. The molecule has 6 rings (SSSR count). The van der Waals surface area contributed by atoms with Crippen molar-refractivity contribution < 1.29 is 9.53 Å². The summed E-state index contributed by atoms with van der Waals surface area (Å²) < 4.78 is 8.87. The molecular formula is C22H22N6O2S2. The topological polar surface area (TPSA) is 94.3 Å². The summed E-state index contributed by atoms with van der Waals surface area (Å²) in [6, 6.07) is 9.79. The van der Waals surface area contributed by atoms with Gasteiger partial charge in [-0.1, -0.05) is 17.8 Å². The first-order chi connectivity index (χ1) is 15.7. The molecule has 0 unspecified atom stereocenters. The molecule has 32 heavy (non-hydrogen) atoms. The Morgan fingerprint density at radius 2 is 1.97 bits per heavy atom. The van der Waals surface area contributed by atoms with Crippen LogP contribution in [-0.2, 0) is 4.79 Å². The third-order valence-corrected chi connectivity index (χ3v) is 7.66. The van der Waals surface area contributed by atoms with Crippen molar-refractivity contribution >= 4 is 50.0 Å². The van der Waals surface area contributed by atoms with Crippen LogP contribution in [0, 0.1) is 5.92 Å². The molecule has 0 aliphatic heterocycles. The van der Waals surface area contributed by atoms with Gasteiger partial charge in [-0.25, -0.2) is 4.98 Å². The Morgan fingerprint density at radius 3 is 2.81 bits per heavy atom. The second-order valence-electron chi connectivity index (χ2n) is 8.32. The molecule has 2 fully saturated rings. The Labute approximate surface area is 192 Å². The maximum Gasteiger partial charge on any atom is 0.232 e. The number of aromatic nitrogens is 5. The summed E-state index contributed by atoms with van der Waals surface area (Å²) in [6.07, 6.45) is 8.08.